The lowest BCUT2D eigenvalue weighted by atomic mass is 10.1. The topological polar surface area (TPSA) is 75.6 Å². The predicted molar refractivity (Wildman–Crippen MR) is 104 cm³/mol. The standard InChI is InChI=1S/C22H19NO4/c1-15(21(24)23-19-11-7-18(8-12-19)22(25)26)27-20-13-9-17(10-14-20)16-5-3-2-4-6-16/h2-15H,1H3,(H,23,24)(H,25,26). The van der Waals surface area contributed by atoms with E-state index in [1.807, 2.05) is 54.6 Å². The molecule has 5 nitrogen and oxygen atoms in total. The Morgan fingerprint density at radius 3 is 2.04 bits per heavy atom. The first-order chi connectivity index (χ1) is 13.0. The van der Waals surface area contributed by atoms with E-state index in [-0.39, 0.29) is 11.5 Å². The van der Waals surface area contributed by atoms with Crippen molar-refractivity contribution in [2.45, 2.75) is 13.0 Å². The first-order valence-electron chi connectivity index (χ1n) is 8.49. The highest BCUT2D eigenvalue weighted by Crippen LogP contribution is 2.22. The Morgan fingerprint density at radius 2 is 1.44 bits per heavy atom. The molecule has 27 heavy (non-hydrogen) atoms. The molecule has 1 unspecified atom stereocenters. The molecule has 0 bridgehead atoms. The van der Waals surface area contributed by atoms with Crippen LogP contribution < -0.4 is 10.1 Å². The second-order valence-electron chi connectivity index (χ2n) is 6.02. The molecule has 1 atom stereocenters. The smallest absolute Gasteiger partial charge is 0.335 e. The molecule has 0 aliphatic rings. The lowest BCUT2D eigenvalue weighted by molar-refractivity contribution is -0.122. The van der Waals surface area contributed by atoms with Crippen molar-refractivity contribution in [3.8, 4) is 16.9 Å². The molecule has 0 fully saturated rings. The quantitative estimate of drug-likeness (QED) is 0.680. The zero-order chi connectivity index (χ0) is 19.2. The number of carboxylic acid groups (broad SMARTS) is 1. The molecule has 0 aromatic heterocycles. The van der Waals surface area contributed by atoms with Gasteiger partial charge in [-0.15, -0.1) is 0 Å². The molecule has 3 aromatic rings. The molecule has 1 amide bonds. The van der Waals surface area contributed by atoms with Crippen LogP contribution in [0.25, 0.3) is 11.1 Å². The fourth-order valence-electron chi connectivity index (χ4n) is 2.55. The molecule has 0 radical (unpaired) electrons. The summed E-state index contributed by atoms with van der Waals surface area (Å²) in [5.41, 5.74) is 2.86. The monoisotopic (exact) mass is 361 g/mol. The summed E-state index contributed by atoms with van der Waals surface area (Å²) in [7, 11) is 0. The lowest BCUT2D eigenvalue weighted by Crippen LogP contribution is -2.30. The van der Waals surface area contributed by atoms with Gasteiger partial charge in [-0.25, -0.2) is 4.79 Å². The SMILES string of the molecule is CC(Oc1ccc(-c2ccccc2)cc1)C(=O)Nc1ccc(C(=O)O)cc1. The van der Waals surface area contributed by atoms with Crippen molar-refractivity contribution in [3.63, 3.8) is 0 Å². The Bertz CT molecular complexity index is 919. The molecule has 0 aliphatic carbocycles. The molecule has 5 heteroatoms. The number of carbonyl (C=O) groups excluding carboxylic acids is 1. The molecule has 0 spiro atoms. The lowest BCUT2D eigenvalue weighted by Gasteiger charge is -2.15. The van der Waals surface area contributed by atoms with Crippen molar-refractivity contribution in [2.24, 2.45) is 0 Å². The summed E-state index contributed by atoms with van der Waals surface area (Å²) >= 11 is 0. The largest absolute Gasteiger partial charge is 0.481 e. The number of ether oxygens (including phenoxy) is 1. The van der Waals surface area contributed by atoms with Crippen molar-refractivity contribution < 1.29 is 19.4 Å². The maximum Gasteiger partial charge on any atom is 0.335 e. The highest BCUT2D eigenvalue weighted by Gasteiger charge is 2.15. The van der Waals surface area contributed by atoms with Gasteiger partial charge in [0.1, 0.15) is 5.75 Å². The third-order valence-electron chi connectivity index (χ3n) is 4.04. The number of nitrogens with one attached hydrogen (secondary N) is 1. The number of benzene rings is 3. The van der Waals surface area contributed by atoms with Gasteiger partial charge in [0.2, 0.25) is 0 Å². The van der Waals surface area contributed by atoms with Gasteiger partial charge in [-0.2, -0.15) is 0 Å². The van der Waals surface area contributed by atoms with Crippen LogP contribution in [0.2, 0.25) is 0 Å². The van der Waals surface area contributed by atoms with E-state index in [0.717, 1.165) is 11.1 Å². The van der Waals surface area contributed by atoms with Gasteiger partial charge in [0, 0.05) is 5.69 Å². The molecule has 3 aromatic carbocycles. The van der Waals surface area contributed by atoms with Crippen molar-refractivity contribution in [1.82, 2.24) is 0 Å². The molecule has 136 valence electrons. The van der Waals surface area contributed by atoms with Gasteiger partial charge in [0.05, 0.1) is 5.56 Å². The minimum atomic E-state index is -1.01. The van der Waals surface area contributed by atoms with Crippen LogP contribution >= 0.6 is 0 Å². The first kappa shape index (κ1) is 18.2. The van der Waals surface area contributed by atoms with E-state index in [1.165, 1.54) is 12.1 Å². The van der Waals surface area contributed by atoms with E-state index in [0.29, 0.717) is 11.4 Å². The van der Waals surface area contributed by atoms with Gasteiger partial charge >= 0.3 is 5.97 Å². The first-order valence-corrected chi connectivity index (χ1v) is 8.49. The minimum absolute atomic E-state index is 0.163. The summed E-state index contributed by atoms with van der Waals surface area (Å²) in [6.07, 6.45) is -0.702. The Hall–Kier alpha value is -3.60. The number of carbonyl (C=O) groups is 2. The Labute approximate surface area is 157 Å². The van der Waals surface area contributed by atoms with Crippen LogP contribution in [0.3, 0.4) is 0 Å². The molecular weight excluding hydrogens is 342 g/mol. The van der Waals surface area contributed by atoms with Gasteiger partial charge < -0.3 is 15.2 Å². The van der Waals surface area contributed by atoms with E-state index >= 15 is 0 Å². The fourth-order valence-corrected chi connectivity index (χ4v) is 2.55. The van der Waals surface area contributed by atoms with Crippen LogP contribution in [-0.4, -0.2) is 23.1 Å². The third kappa shape index (κ3) is 4.73. The number of aromatic carboxylic acids is 1. The van der Waals surface area contributed by atoms with E-state index in [9.17, 15) is 9.59 Å². The summed E-state index contributed by atoms with van der Waals surface area (Å²) in [5, 5.41) is 11.6. The molecule has 0 aliphatic heterocycles. The van der Waals surface area contributed by atoms with Crippen molar-refractivity contribution in [1.29, 1.82) is 0 Å². The van der Waals surface area contributed by atoms with Gasteiger partial charge in [-0.05, 0) is 54.4 Å². The summed E-state index contributed by atoms with van der Waals surface area (Å²) in [5.74, 6) is -0.729. The summed E-state index contributed by atoms with van der Waals surface area (Å²) in [4.78, 5) is 23.1. The van der Waals surface area contributed by atoms with Crippen molar-refractivity contribution in [2.75, 3.05) is 5.32 Å². The van der Waals surface area contributed by atoms with Crippen molar-refractivity contribution in [3.05, 3.63) is 84.4 Å². The summed E-state index contributed by atoms with van der Waals surface area (Å²) in [6, 6.07) is 23.5. The molecule has 3 rings (SSSR count). The van der Waals surface area contributed by atoms with E-state index in [2.05, 4.69) is 5.32 Å². The van der Waals surface area contributed by atoms with E-state index < -0.39 is 12.1 Å². The molecular formula is C22H19NO4. The van der Waals surface area contributed by atoms with Gasteiger partial charge in [-0.1, -0.05) is 42.5 Å². The maximum atomic E-state index is 12.3. The highest BCUT2D eigenvalue weighted by atomic mass is 16.5. The van der Waals surface area contributed by atoms with Crippen LogP contribution in [-0.2, 0) is 4.79 Å². The minimum Gasteiger partial charge on any atom is -0.481 e. The van der Waals surface area contributed by atoms with Crippen LogP contribution in [0.5, 0.6) is 5.75 Å². The Morgan fingerprint density at radius 1 is 0.852 bits per heavy atom. The zero-order valence-corrected chi connectivity index (χ0v) is 14.8. The van der Waals surface area contributed by atoms with Crippen LogP contribution in [0.1, 0.15) is 17.3 Å². The summed E-state index contributed by atoms with van der Waals surface area (Å²) in [6.45, 7) is 1.66. The van der Waals surface area contributed by atoms with Gasteiger partial charge in [-0.3, -0.25) is 4.79 Å². The predicted octanol–water partition coefficient (Wildman–Crippen LogP) is 4.46. The third-order valence-corrected chi connectivity index (χ3v) is 4.04. The average Bonchev–Trinajstić information content (AvgIpc) is 2.69. The number of hydrogen-bond acceptors (Lipinski definition) is 3. The van der Waals surface area contributed by atoms with Crippen LogP contribution in [0.15, 0.2) is 78.9 Å². The molecule has 0 saturated heterocycles. The van der Waals surface area contributed by atoms with Gasteiger partial charge in [0.25, 0.3) is 5.91 Å². The second-order valence-corrected chi connectivity index (χ2v) is 6.02. The maximum absolute atomic E-state index is 12.3. The Kier molecular flexibility index (Phi) is 5.52. The average molecular weight is 361 g/mol. The normalized spacial score (nSPS) is 11.4. The number of amides is 1. The fraction of sp³-hybridized carbons (Fsp3) is 0.0909. The highest BCUT2D eigenvalue weighted by molar-refractivity contribution is 5.95. The Balaban J connectivity index is 1.60. The number of carboxylic acids is 1. The molecule has 0 saturated carbocycles. The van der Waals surface area contributed by atoms with Crippen LogP contribution in [0, 0.1) is 0 Å². The number of hydrogen-bond donors (Lipinski definition) is 2. The summed E-state index contributed by atoms with van der Waals surface area (Å²) < 4.78 is 5.70. The molecule has 0 heterocycles. The van der Waals surface area contributed by atoms with Crippen LogP contribution in [0.4, 0.5) is 5.69 Å². The van der Waals surface area contributed by atoms with E-state index in [4.69, 9.17) is 9.84 Å². The number of anilines is 1. The number of rotatable bonds is 6. The van der Waals surface area contributed by atoms with Gasteiger partial charge in [0.15, 0.2) is 6.10 Å². The molecule has 2 N–H and O–H groups in total. The zero-order valence-electron chi connectivity index (χ0n) is 14.8. The van der Waals surface area contributed by atoms with E-state index in [1.54, 1.807) is 19.1 Å². The second kappa shape index (κ2) is 8.19. The van der Waals surface area contributed by atoms with Crippen molar-refractivity contribution >= 4 is 17.6 Å².